The molecule has 0 aliphatic heterocycles. The minimum Gasteiger partial charge on any atom is -0.256 e. The summed E-state index contributed by atoms with van der Waals surface area (Å²) in [5.74, 6) is 0.936. The normalized spacial score (nSPS) is 20.9. The molecule has 2 aromatic rings. The van der Waals surface area contributed by atoms with Crippen LogP contribution in [0.2, 0.25) is 5.02 Å². The van der Waals surface area contributed by atoms with Gasteiger partial charge in [0.05, 0.1) is 10.7 Å². The summed E-state index contributed by atoms with van der Waals surface area (Å²) in [6, 6.07) is 8.96. The van der Waals surface area contributed by atoms with Crippen LogP contribution in [0.3, 0.4) is 0 Å². The van der Waals surface area contributed by atoms with Crippen molar-refractivity contribution in [2.24, 2.45) is 5.92 Å². The van der Waals surface area contributed by atoms with Gasteiger partial charge in [0.2, 0.25) is 0 Å². The Balaban J connectivity index is 1.62. The van der Waals surface area contributed by atoms with Gasteiger partial charge in [-0.3, -0.25) is 4.98 Å². The molecule has 0 atom stereocenters. The topological polar surface area (TPSA) is 12.9 Å². The van der Waals surface area contributed by atoms with E-state index >= 15 is 0 Å². The fourth-order valence-corrected chi connectivity index (χ4v) is 3.69. The van der Waals surface area contributed by atoms with E-state index in [1.165, 1.54) is 50.2 Å². The largest absolute Gasteiger partial charge is 0.256 e. The van der Waals surface area contributed by atoms with Gasteiger partial charge in [-0.2, -0.15) is 0 Å². The molecule has 0 spiro atoms. The Hall–Kier alpha value is -1.67. The first-order valence-corrected chi connectivity index (χ1v) is 9.63. The van der Waals surface area contributed by atoms with E-state index in [0.717, 1.165) is 17.2 Å². The van der Waals surface area contributed by atoms with E-state index in [0.29, 0.717) is 5.92 Å². The lowest BCUT2D eigenvalue weighted by atomic mass is 9.79. The SMILES string of the molecule is CCC/C=C/C1CCC(c2ccc(-c3ccc(Cl)c(F)c3)nc2)CC1. The number of aromatic nitrogens is 1. The maximum absolute atomic E-state index is 13.6. The lowest BCUT2D eigenvalue weighted by Gasteiger charge is -2.27. The third-order valence-corrected chi connectivity index (χ3v) is 5.42. The molecular formula is C22H25ClFN. The molecule has 3 rings (SSSR count). The van der Waals surface area contributed by atoms with E-state index < -0.39 is 5.82 Å². The third-order valence-electron chi connectivity index (χ3n) is 5.11. The number of hydrogen-bond acceptors (Lipinski definition) is 1. The van der Waals surface area contributed by atoms with E-state index in [4.69, 9.17) is 11.6 Å². The van der Waals surface area contributed by atoms with Crippen LogP contribution in [0.25, 0.3) is 11.3 Å². The van der Waals surface area contributed by atoms with Gasteiger partial charge in [-0.1, -0.05) is 49.2 Å². The van der Waals surface area contributed by atoms with Crippen molar-refractivity contribution in [3.63, 3.8) is 0 Å². The highest BCUT2D eigenvalue weighted by Gasteiger charge is 2.21. The summed E-state index contributed by atoms with van der Waals surface area (Å²) in [4.78, 5) is 4.55. The van der Waals surface area contributed by atoms with Gasteiger partial charge in [-0.25, -0.2) is 4.39 Å². The maximum Gasteiger partial charge on any atom is 0.142 e. The molecule has 0 bridgehead atoms. The summed E-state index contributed by atoms with van der Waals surface area (Å²) in [5, 5.41) is 0.144. The highest BCUT2D eigenvalue weighted by molar-refractivity contribution is 6.30. The molecule has 3 heteroatoms. The highest BCUT2D eigenvalue weighted by atomic mass is 35.5. The molecule has 0 unspecified atom stereocenters. The van der Waals surface area contributed by atoms with Gasteiger partial charge in [0.25, 0.3) is 0 Å². The smallest absolute Gasteiger partial charge is 0.142 e. The van der Waals surface area contributed by atoms with Gasteiger partial charge in [0.1, 0.15) is 5.82 Å². The van der Waals surface area contributed by atoms with E-state index in [-0.39, 0.29) is 5.02 Å². The first kappa shape index (κ1) is 18.1. The monoisotopic (exact) mass is 357 g/mol. The van der Waals surface area contributed by atoms with Crippen LogP contribution in [-0.2, 0) is 0 Å². The summed E-state index contributed by atoms with van der Waals surface area (Å²) < 4.78 is 13.6. The average molecular weight is 358 g/mol. The molecule has 1 fully saturated rings. The lowest BCUT2D eigenvalue weighted by molar-refractivity contribution is 0.375. The Bertz CT molecular complexity index is 715. The Morgan fingerprint density at radius 2 is 1.96 bits per heavy atom. The van der Waals surface area contributed by atoms with Crippen LogP contribution >= 0.6 is 11.6 Å². The van der Waals surface area contributed by atoms with E-state index in [1.54, 1.807) is 12.1 Å². The molecule has 0 radical (unpaired) electrons. The first-order valence-electron chi connectivity index (χ1n) is 9.25. The molecule has 25 heavy (non-hydrogen) atoms. The summed E-state index contributed by atoms with van der Waals surface area (Å²) in [6.45, 7) is 2.22. The number of benzene rings is 1. The Labute approximate surface area is 154 Å². The standard InChI is InChI=1S/C22H25ClFN/c1-2-3-4-5-16-6-8-17(9-7-16)19-11-13-22(25-15-19)18-10-12-20(23)21(24)14-18/h4-5,10-17H,2-3,6-9H2,1H3/b5-4+. The van der Waals surface area contributed by atoms with Crippen molar-refractivity contribution in [1.29, 1.82) is 0 Å². The fourth-order valence-electron chi connectivity index (χ4n) is 3.57. The van der Waals surface area contributed by atoms with Crippen molar-refractivity contribution in [2.45, 2.75) is 51.4 Å². The Morgan fingerprint density at radius 1 is 1.16 bits per heavy atom. The molecule has 1 heterocycles. The molecule has 1 aliphatic carbocycles. The van der Waals surface area contributed by atoms with Crippen molar-refractivity contribution in [2.75, 3.05) is 0 Å². The van der Waals surface area contributed by atoms with Crippen LogP contribution < -0.4 is 0 Å². The summed E-state index contributed by atoms with van der Waals surface area (Å²) in [6.07, 6.45) is 14.1. The number of pyridine rings is 1. The number of nitrogens with zero attached hydrogens (tertiary/aromatic N) is 1. The van der Waals surface area contributed by atoms with Gasteiger partial charge in [-0.05, 0) is 67.7 Å². The predicted octanol–water partition coefficient (Wildman–Crippen LogP) is 7.17. The number of unbranched alkanes of at least 4 members (excludes halogenated alkanes) is 1. The molecule has 1 nitrogen and oxygen atoms in total. The third kappa shape index (κ3) is 4.70. The van der Waals surface area contributed by atoms with E-state index in [2.05, 4.69) is 30.1 Å². The Morgan fingerprint density at radius 3 is 2.60 bits per heavy atom. The zero-order chi connectivity index (χ0) is 17.6. The second-order valence-corrected chi connectivity index (χ2v) is 7.34. The molecule has 0 saturated heterocycles. The molecule has 1 saturated carbocycles. The minimum atomic E-state index is -0.403. The molecule has 0 N–H and O–H groups in total. The van der Waals surface area contributed by atoms with Crippen molar-refractivity contribution >= 4 is 11.6 Å². The minimum absolute atomic E-state index is 0.144. The van der Waals surface area contributed by atoms with Crippen molar-refractivity contribution in [3.05, 3.63) is 65.1 Å². The average Bonchev–Trinajstić information content (AvgIpc) is 2.65. The van der Waals surface area contributed by atoms with Crippen molar-refractivity contribution < 1.29 is 4.39 Å². The summed E-state index contributed by atoms with van der Waals surface area (Å²) >= 11 is 5.75. The molecule has 0 amide bonds. The first-order chi connectivity index (χ1) is 12.2. The second-order valence-electron chi connectivity index (χ2n) is 6.93. The van der Waals surface area contributed by atoms with Gasteiger partial charge < -0.3 is 0 Å². The molecule has 1 aromatic heterocycles. The van der Waals surface area contributed by atoms with Crippen LogP contribution in [0, 0.1) is 11.7 Å². The van der Waals surface area contributed by atoms with Crippen LogP contribution in [0.5, 0.6) is 0 Å². The lowest BCUT2D eigenvalue weighted by Crippen LogP contribution is -2.12. The number of halogens is 2. The molecular weight excluding hydrogens is 333 g/mol. The second kappa shape index (κ2) is 8.62. The highest BCUT2D eigenvalue weighted by Crippen LogP contribution is 2.36. The zero-order valence-electron chi connectivity index (χ0n) is 14.7. The number of allylic oxidation sites excluding steroid dienone is 2. The van der Waals surface area contributed by atoms with Gasteiger partial charge in [-0.15, -0.1) is 0 Å². The van der Waals surface area contributed by atoms with Crippen LogP contribution in [0.4, 0.5) is 4.39 Å². The van der Waals surface area contributed by atoms with Crippen molar-refractivity contribution in [1.82, 2.24) is 4.98 Å². The number of hydrogen-bond donors (Lipinski definition) is 0. The quantitative estimate of drug-likeness (QED) is 0.517. The van der Waals surface area contributed by atoms with Crippen LogP contribution in [-0.4, -0.2) is 4.98 Å². The van der Waals surface area contributed by atoms with E-state index in [1.807, 2.05) is 12.3 Å². The van der Waals surface area contributed by atoms with E-state index in [9.17, 15) is 4.39 Å². The predicted molar refractivity (Wildman–Crippen MR) is 103 cm³/mol. The van der Waals surface area contributed by atoms with Gasteiger partial charge in [0.15, 0.2) is 0 Å². The fraction of sp³-hybridized carbons (Fsp3) is 0.409. The summed E-state index contributed by atoms with van der Waals surface area (Å²) in [5.41, 5.74) is 2.85. The van der Waals surface area contributed by atoms with Gasteiger partial charge >= 0.3 is 0 Å². The van der Waals surface area contributed by atoms with Crippen molar-refractivity contribution in [3.8, 4) is 11.3 Å². The molecule has 1 aliphatic rings. The molecule has 1 aromatic carbocycles. The van der Waals surface area contributed by atoms with Crippen LogP contribution in [0.15, 0.2) is 48.7 Å². The summed E-state index contributed by atoms with van der Waals surface area (Å²) in [7, 11) is 0. The maximum atomic E-state index is 13.6. The number of rotatable bonds is 5. The van der Waals surface area contributed by atoms with Crippen LogP contribution in [0.1, 0.15) is 56.9 Å². The van der Waals surface area contributed by atoms with Gasteiger partial charge in [0, 0.05) is 11.8 Å². The molecule has 132 valence electrons. The Kier molecular flexibility index (Phi) is 6.25. The zero-order valence-corrected chi connectivity index (χ0v) is 15.5.